The summed E-state index contributed by atoms with van der Waals surface area (Å²) in [7, 11) is 0. The van der Waals surface area contributed by atoms with Gasteiger partial charge in [0.05, 0.1) is 14.9 Å². The lowest BCUT2D eigenvalue weighted by atomic mass is 10.2. The smallest absolute Gasteiger partial charge is 0.181 e. The third kappa shape index (κ3) is 2.21. The van der Waals surface area contributed by atoms with Crippen LogP contribution in [0.4, 0.5) is 0 Å². The molecule has 2 heterocycles. The lowest BCUT2D eigenvalue weighted by Gasteiger charge is -2.00. The molecule has 0 radical (unpaired) electrons. The summed E-state index contributed by atoms with van der Waals surface area (Å²) in [5, 5.41) is 7.35. The van der Waals surface area contributed by atoms with Gasteiger partial charge in [0.1, 0.15) is 0 Å². The van der Waals surface area contributed by atoms with Crippen LogP contribution in [0.25, 0.3) is 10.6 Å². The number of hydrogen-bond donors (Lipinski definition) is 1. The molecule has 5 heteroatoms. The lowest BCUT2D eigenvalue weighted by Crippen LogP contribution is -2.15. The molecule has 0 unspecified atom stereocenters. The zero-order chi connectivity index (χ0) is 11.0. The van der Waals surface area contributed by atoms with Crippen molar-refractivity contribution >= 4 is 27.3 Å². The molecule has 1 aliphatic rings. The van der Waals surface area contributed by atoms with Crippen LogP contribution >= 0.6 is 27.3 Å². The van der Waals surface area contributed by atoms with Crippen LogP contribution in [0.5, 0.6) is 0 Å². The molecule has 3 rings (SSSR count). The topological polar surface area (TPSA) is 38.1 Å². The van der Waals surface area contributed by atoms with E-state index in [9.17, 15) is 0 Å². The molecule has 1 saturated carbocycles. The Kier molecular flexibility index (Phi) is 2.83. The highest BCUT2D eigenvalue weighted by molar-refractivity contribution is 9.11. The summed E-state index contributed by atoms with van der Waals surface area (Å²) < 4.78 is 6.43. The van der Waals surface area contributed by atoms with Gasteiger partial charge in [-0.1, -0.05) is 5.16 Å². The second kappa shape index (κ2) is 4.31. The molecule has 2 aromatic heterocycles. The van der Waals surface area contributed by atoms with Crippen molar-refractivity contribution in [3.63, 3.8) is 0 Å². The zero-order valence-electron chi connectivity index (χ0n) is 8.57. The van der Waals surface area contributed by atoms with E-state index in [1.807, 2.05) is 6.07 Å². The standard InChI is InChI=1S/C11H11BrN2OS/c12-10-4-3-9(16-10)11-7(6-14-15-11)5-13-8-1-2-8/h3-4,6,8,13H,1-2,5H2. The Balaban J connectivity index is 1.80. The molecule has 2 aromatic rings. The van der Waals surface area contributed by atoms with Gasteiger partial charge >= 0.3 is 0 Å². The highest BCUT2D eigenvalue weighted by atomic mass is 79.9. The van der Waals surface area contributed by atoms with Crippen LogP contribution in [0.2, 0.25) is 0 Å². The van der Waals surface area contributed by atoms with E-state index in [-0.39, 0.29) is 0 Å². The molecule has 0 saturated heterocycles. The Labute approximate surface area is 106 Å². The van der Waals surface area contributed by atoms with Gasteiger partial charge in [-0.05, 0) is 40.9 Å². The van der Waals surface area contributed by atoms with E-state index in [4.69, 9.17) is 4.52 Å². The van der Waals surface area contributed by atoms with Crippen LogP contribution in [0.3, 0.4) is 0 Å². The molecule has 1 N–H and O–H groups in total. The lowest BCUT2D eigenvalue weighted by molar-refractivity contribution is 0.432. The van der Waals surface area contributed by atoms with Crippen molar-refractivity contribution in [3.05, 3.63) is 27.7 Å². The summed E-state index contributed by atoms with van der Waals surface area (Å²) in [6, 6.07) is 4.79. The van der Waals surface area contributed by atoms with Crippen LogP contribution in [-0.2, 0) is 6.54 Å². The normalized spacial score (nSPS) is 15.6. The maximum Gasteiger partial charge on any atom is 0.181 e. The van der Waals surface area contributed by atoms with Crippen molar-refractivity contribution < 1.29 is 4.52 Å². The molecule has 84 valence electrons. The van der Waals surface area contributed by atoms with E-state index in [1.54, 1.807) is 17.5 Å². The fourth-order valence-electron chi connectivity index (χ4n) is 1.57. The summed E-state index contributed by atoms with van der Waals surface area (Å²) in [5.74, 6) is 0.892. The molecule has 1 fully saturated rings. The van der Waals surface area contributed by atoms with Gasteiger partial charge in [-0.2, -0.15) is 0 Å². The first-order chi connectivity index (χ1) is 7.83. The van der Waals surface area contributed by atoms with Gasteiger partial charge in [-0.25, -0.2) is 0 Å². The largest absolute Gasteiger partial charge is 0.355 e. The number of halogens is 1. The predicted molar refractivity (Wildman–Crippen MR) is 67.4 cm³/mol. The number of aromatic nitrogens is 1. The fourth-order valence-corrected chi connectivity index (χ4v) is 2.97. The van der Waals surface area contributed by atoms with Crippen LogP contribution in [0.15, 0.2) is 26.6 Å². The minimum atomic E-state index is 0.706. The third-order valence-corrected chi connectivity index (χ3v) is 4.22. The third-order valence-electron chi connectivity index (χ3n) is 2.60. The molecule has 0 spiro atoms. The number of thiophene rings is 1. The zero-order valence-corrected chi connectivity index (χ0v) is 11.0. The fraction of sp³-hybridized carbons (Fsp3) is 0.364. The molecule has 0 bridgehead atoms. The van der Waals surface area contributed by atoms with E-state index in [2.05, 4.69) is 32.5 Å². The molecule has 3 nitrogen and oxygen atoms in total. The molecular weight excluding hydrogens is 288 g/mol. The molecule has 0 atom stereocenters. The summed E-state index contributed by atoms with van der Waals surface area (Å²) >= 11 is 5.12. The van der Waals surface area contributed by atoms with E-state index >= 15 is 0 Å². The van der Waals surface area contributed by atoms with Crippen LogP contribution in [0, 0.1) is 0 Å². The van der Waals surface area contributed by atoms with Gasteiger partial charge in [0.25, 0.3) is 0 Å². The van der Waals surface area contributed by atoms with Crippen molar-refractivity contribution in [2.45, 2.75) is 25.4 Å². The van der Waals surface area contributed by atoms with Gasteiger partial charge < -0.3 is 9.84 Å². The molecule has 16 heavy (non-hydrogen) atoms. The average Bonchev–Trinajstić information content (AvgIpc) is 2.82. The van der Waals surface area contributed by atoms with Gasteiger partial charge in [0.15, 0.2) is 5.76 Å². The molecule has 0 aromatic carbocycles. The molecular formula is C11H11BrN2OS. The Bertz CT molecular complexity index is 490. The summed E-state index contributed by atoms with van der Waals surface area (Å²) in [6.45, 7) is 0.846. The van der Waals surface area contributed by atoms with Crippen LogP contribution < -0.4 is 5.32 Å². The van der Waals surface area contributed by atoms with Crippen LogP contribution in [0.1, 0.15) is 18.4 Å². The SMILES string of the molecule is Brc1ccc(-c2oncc2CNC2CC2)s1. The van der Waals surface area contributed by atoms with E-state index in [1.165, 1.54) is 12.8 Å². The second-order valence-corrected chi connectivity index (χ2v) is 6.40. The van der Waals surface area contributed by atoms with Crippen molar-refractivity contribution in [1.29, 1.82) is 0 Å². The Morgan fingerprint density at radius 1 is 1.50 bits per heavy atom. The number of nitrogens with zero attached hydrogens (tertiary/aromatic N) is 1. The van der Waals surface area contributed by atoms with Gasteiger partial charge in [-0.15, -0.1) is 11.3 Å². The summed E-state index contributed by atoms with van der Waals surface area (Å²) in [4.78, 5) is 1.12. The first-order valence-electron chi connectivity index (χ1n) is 5.25. The minimum Gasteiger partial charge on any atom is -0.355 e. The maximum absolute atomic E-state index is 5.32. The van der Waals surface area contributed by atoms with E-state index < -0.39 is 0 Å². The number of hydrogen-bond acceptors (Lipinski definition) is 4. The van der Waals surface area contributed by atoms with Crippen molar-refractivity contribution in [2.75, 3.05) is 0 Å². The first kappa shape index (κ1) is 10.5. The maximum atomic E-state index is 5.32. The Hall–Kier alpha value is -0.650. The second-order valence-electron chi connectivity index (χ2n) is 3.94. The van der Waals surface area contributed by atoms with Gasteiger partial charge in [0.2, 0.25) is 0 Å². The Morgan fingerprint density at radius 2 is 2.38 bits per heavy atom. The number of rotatable bonds is 4. The highest BCUT2D eigenvalue weighted by Gasteiger charge is 2.21. The minimum absolute atomic E-state index is 0.706. The molecule has 1 aliphatic carbocycles. The van der Waals surface area contributed by atoms with E-state index in [0.29, 0.717) is 6.04 Å². The van der Waals surface area contributed by atoms with Crippen LogP contribution in [-0.4, -0.2) is 11.2 Å². The summed E-state index contributed by atoms with van der Waals surface area (Å²) in [5.41, 5.74) is 1.14. The average molecular weight is 299 g/mol. The predicted octanol–water partition coefficient (Wildman–Crippen LogP) is 3.42. The highest BCUT2D eigenvalue weighted by Crippen LogP contribution is 2.33. The van der Waals surface area contributed by atoms with Gasteiger partial charge in [-0.3, -0.25) is 0 Å². The van der Waals surface area contributed by atoms with Gasteiger partial charge in [0, 0.05) is 18.2 Å². The summed E-state index contributed by atoms with van der Waals surface area (Å²) in [6.07, 6.45) is 4.40. The van der Waals surface area contributed by atoms with Crippen molar-refractivity contribution in [1.82, 2.24) is 10.5 Å². The quantitative estimate of drug-likeness (QED) is 0.940. The molecule has 0 amide bonds. The molecule has 0 aliphatic heterocycles. The van der Waals surface area contributed by atoms with E-state index in [0.717, 1.165) is 26.5 Å². The Morgan fingerprint density at radius 3 is 3.06 bits per heavy atom. The number of nitrogens with one attached hydrogen (secondary N) is 1. The van der Waals surface area contributed by atoms with Crippen molar-refractivity contribution in [3.8, 4) is 10.6 Å². The first-order valence-corrected chi connectivity index (χ1v) is 6.86. The van der Waals surface area contributed by atoms with Crippen molar-refractivity contribution in [2.24, 2.45) is 0 Å². The monoisotopic (exact) mass is 298 g/mol.